The molecule has 0 unspecified atom stereocenters. The third-order valence-electron chi connectivity index (χ3n) is 4.31. The second kappa shape index (κ2) is 8.67. The van der Waals surface area contributed by atoms with Gasteiger partial charge in [0.25, 0.3) is 5.91 Å². The van der Waals surface area contributed by atoms with Crippen LogP contribution in [0, 0.1) is 0 Å². The highest BCUT2D eigenvalue weighted by molar-refractivity contribution is 6.02. The van der Waals surface area contributed by atoms with Crippen molar-refractivity contribution in [2.24, 2.45) is 5.73 Å². The Morgan fingerprint density at radius 2 is 2.11 bits per heavy atom. The quantitative estimate of drug-likeness (QED) is 0.649. The number of benzene rings is 1. The van der Waals surface area contributed by atoms with E-state index in [0.717, 1.165) is 5.56 Å². The molecule has 9 nitrogen and oxygen atoms in total. The topological polar surface area (TPSA) is 131 Å². The summed E-state index contributed by atoms with van der Waals surface area (Å²) in [5, 5.41) is 12.5. The number of carbonyl (C=O) groups is 2. The standard InChI is InChI=1S/C18H21N5O4/c19-5-8-23-15(10-24)17(27-11-16(23)25)12-1-3-13(4-2-12)22-18(26)14-9-20-6-7-21-14/h1-4,6-7,9,15,17,24H,5,8,10-11,19H2,(H,22,26)/t15-,17-/m1/s1. The number of anilines is 1. The lowest BCUT2D eigenvalue weighted by atomic mass is 9.99. The van der Waals surface area contributed by atoms with Crippen molar-refractivity contribution in [1.29, 1.82) is 0 Å². The van der Waals surface area contributed by atoms with Crippen LogP contribution in [-0.2, 0) is 9.53 Å². The molecule has 0 saturated carbocycles. The highest BCUT2D eigenvalue weighted by Crippen LogP contribution is 2.29. The number of nitrogens with one attached hydrogen (secondary N) is 1. The lowest BCUT2D eigenvalue weighted by Gasteiger charge is -2.40. The largest absolute Gasteiger partial charge is 0.394 e. The first-order valence-corrected chi connectivity index (χ1v) is 8.53. The van der Waals surface area contributed by atoms with Crippen molar-refractivity contribution in [3.8, 4) is 0 Å². The highest BCUT2D eigenvalue weighted by atomic mass is 16.5. The Bertz CT molecular complexity index is 784. The number of aromatic nitrogens is 2. The van der Waals surface area contributed by atoms with E-state index in [9.17, 15) is 14.7 Å². The van der Waals surface area contributed by atoms with Crippen molar-refractivity contribution < 1.29 is 19.4 Å². The zero-order valence-electron chi connectivity index (χ0n) is 14.6. The number of ether oxygens (including phenoxy) is 1. The van der Waals surface area contributed by atoms with Crippen LogP contribution in [-0.4, -0.2) is 64.1 Å². The summed E-state index contributed by atoms with van der Waals surface area (Å²) in [7, 11) is 0. The van der Waals surface area contributed by atoms with Crippen molar-refractivity contribution in [3.63, 3.8) is 0 Å². The van der Waals surface area contributed by atoms with Gasteiger partial charge in [0.15, 0.2) is 0 Å². The van der Waals surface area contributed by atoms with Gasteiger partial charge in [0.1, 0.15) is 18.4 Å². The Morgan fingerprint density at radius 1 is 1.33 bits per heavy atom. The summed E-state index contributed by atoms with van der Waals surface area (Å²) in [6.45, 7) is 0.367. The number of hydrogen-bond acceptors (Lipinski definition) is 7. The summed E-state index contributed by atoms with van der Waals surface area (Å²) < 4.78 is 5.65. The van der Waals surface area contributed by atoms with Crippen LogP contribution in [0.2, 0.25) is 0 Å². The number of aliphatic hydroxyl groups is 1. The predicted molar refractivity (Wildman–Crippen MR) is 96.8 cm³/mol. The van der Waals surface area contributed by atoms with Gasteiger partial charge in [-0.1, -0.05) is 12.1 Å². The molecule has 3 rings (SSSR count). The molecule has 0 aliphatic carbocycles. The summed E-state index contributed by atoms with van der Waals surface area (Å²) in [6, 6.07) is 6.53. The number of rotatable bonds is 6. The summed E-state index contributed by atoms with van der Waals surface area (Å²) in [5.41, 5.74) is 7.16. The Labute approximate surface area is 156 Å². The third-order valence-corrected chi connectivity index (χ3v) is 4.31. The first-order chi connectivity index (χ1) is 13.1. The van der Waals surface area contributed by atoms with Gasteiger partial charge >= 0.3 is 0 Å². The zero-order chi connectivity index (χ0) is 19.2. The Balaban J connectivity index is 1.72. The fourth-order valence-electron chi connectivity index (χ4n) is 3.01. The van der Waals surface area contributed by atoms with E-state index < -0.39 is 12.1 Å². The SMILES string of the molecule is NCCN1C(=O)CO[C@H](c2ccc(NC(=O)c3cnccn3)cc2)[C@H]1CO. The van der Waals surface area contributed by atoms with Crippen LogP contribution in [0.1, 0.15) is 22.2 Å². The molecule has 2 heterocycles. The van der Waals surface area contributed by atoms with E-state index in [2.05, 4.69) is 15.3 Å². The van der Waals surface area contributed by atoms with E-state index in [4.69, 9.17) is 10.5 Å². The van der Waals surface area contributed by atoms with Crippen LogP contribution in [0.15, 0.2) is 42.9 Å². The Morgan fingerprint density at radius 3 is 2.74 bits per heavy atom. The van der Waals surface area contributed by atoms with Gasteiger partial charge in [-0.25, -0.2) is 4.98 Å². The lowest BCUT2D eigenvalue weighted by Crippen LogP contribution is -2.54. The van der Waals surface area contributed by atoms with Crippen LogP contribution in [0.25, 0.3) is 0 Å². The first kappa shape index (κ1) is 18.9. The van der Waals surface area contributed by atoms with Gasteiger partial charge in [0, 0.05) is 31.2 Å². The Kier molecular flexibility index (Phi) is 6.07. The average molecular weight is 371 g/mol. The molecule has 4 N–H and O–H groups in total. The molecule has 2 amide bonds. The maximum Gasteiger partial charge on any atom is 0.275 e. The predicted octanol–water partition coefficient (Wildman–Crippen LogP) is -0.0516. The van der Waals surface area contributed by atoms with Crippen molar-refractivity contribution in [2.45, 2.75) is 12.1 Å². The van der Waals surface area contributed by atoms with Gasteiger partial charge < -0.3 is 25.8 Å². The molecule has 1 aromatic heterocycles. The van der Waals surface area contributed by atoms with Crippen LogP contribution >= 0.6 is 0 Å². The molecule has 1 aliphatic heterocycles. The maximum absolute atomic E-state index is 12.1. The molecule has 1 aliphatic rings. The van der Waals surface area contributed by atoms with Crippen molar-refractivity contribution in [3.05, 3.63) is 54.1 Å². The number of carbonyl (C=O) groups excluding carboxylic acids is 2. The van der Waals surface area contributed by atoms with Gasteiger partial charge in [-0.15, -0.1) is 0 Å². The van der Waals surface area contributed by atoms with Crippen LogP contribution in [0.4, 0.5) is 5.69 Å². The molecule has 0 spiro atoms. The molecule has 2 aromatic rings. The number of nitrogens with zero attached hydrogens (tertiary/aromatic N) is 3. The lowest BCUT2D eigenvalue weighted by molar-refractivity contribution is -0.160. The number of aliphatic hydroxyl groups excluding tert-OH is 1. The van der Waals surface area contributed by atoms with E-state index in [1.165, 1.54) is 18.6 Å². The van der Waals surface area contributed by atoms with E-state index in [1.54, 1.807) is 29.2 Å². The van der Waals surface area contributed by atoms with E-state index in [0.29, 0.717) is 18.8 Å². The van der Waals surface area contributed by atoms with E-state index in [1.807, 2.05) is 0 Å². The molecule has 1 fully saturated rings. The average Bonchev–Trinajstić information content (AvgIpc) is 2.71. The monoisotopic (exact) mass is 371 g/mol. The second-order valence-corrected chi connectivity index (χ2v) is 6.02. The third kappa shape index (κ3) is 4.27. The van der Waals surface area contributed by atoms with Gasteiger partial charge in [-0.2, -0.15) is 0 Å². The first-order valence-electron chi connectivity index (χ1n) is 8.53. The molecule has 0 radical (unpaired) electrons. The van der Waals surface area contributed by atoms with Crippen LogP contribution in [0.3, 0.4) is 0 Å². The summed E-state index contributed by atoms with van der Waals surface area (Å²) in [4.78, 5) is 33.5. The van der Waals surface area contributed by atoms with E-state index >= 15 is 0 Å². The van der Waals surface area contributed by atoms with Crippen LogP contribution < -0.4 is 11.1 Å². The van der Waals surface area contributed by atoms with Crippen LogP contribution in [0.5, 0.6) is 0 Å². The zero-order valence-corrected chi connectivity index (χ0v) is 14.6. The second-order valence-electron chi connectivity index (χ2n) is 6.02. The summed E-state index contributed by atoms with van der Waals surface area (Å²) >= 11 is 0. The number of morpholine rings is 1. The molecule has 0 bridgehead atoms. The maximum atomic E-state index is 12.1. The fourth-order valence-corrected chi connectivity index (χ4v) is 3.01. The number of nitrogens with two attached hydrogens (primary N) is 1. The minimum absolute atomic E-state index is 0.0632. The van der Waals surface area contributed by atoms with Crippen molar-refractivity contribution in [1.82, 2.24) is 14.9 Å². The highest BCUT2D eigenvalue weighted by Gasteiger charge is 2.36. The number of amides is 2. The normalized spacial score (nSPS) is 19.8. The van der Waals surface area contributed by atoms with Gasteiger partial charge in [-0.3, -0.25) is 14.6 Å². The summed E-state index contributed by atoms with van der Waals surface area (Å²) in [6.07, 6.45) is 3.85. The molecule has 2 atom stereocenters. The molecular formula is C18H21N5O4. The molecule has 9 heteroatoms. The smallest absolute Gasteiger partial charge is 0.275 e. The molecular weight excluding hydrogens is 350 g/mol. The number of hydrogen-bond donors (Lipinski definition) is 3. The minimum Gasteiger partial charge on any atom is -0.394 e. The van der Waals surface area contributed by atoms with Gasteiger partial charge in [0.2, 0.25) is 5.91 Å². The summed E-state index contributed by atoms with van der Waals surface area (Å²) in [5.74, 6) is -0.554. The van der Waals surface area contributed by atoms with Crippen molar-refractivity contribution >= 4 is 17.5 Å². The Hall–Kier alpha value is -2.88. The van der Waals surface area contributed by atoms with Gasteiger partial charge in [0.05, 0.1) is 18.8 Å². The molecule has 1 aromatic carbocycles. The van der Waals surface area contributed by atoms with Gasteiger partial charge in [-0.05, 0) is 17.7 Å². The van der Waals surface area contributed by atoms with Crippen molar-refractivity contribution in [2.75, 3.05) is 31.6 Å². The molecule has 142 valence electrons. The van der Waals surface area contributed by atoms with E-state index in [-0.39, 0.29) is 30.7 Å². The molecule has 1 saturated heterocycles. The fraction of sp³-hybridized carbons (Fsp3) is 0.333. The minimum atomic E-state index is -0.505. The molecule has 27 heavy (non-hydrogen) atoms.